The number of hydrogen-bond acceptors (Lipinski definition) is 5. The van der Waals surface area contributed by atoms with Crippen molar-refractivity contribution >= 4 is 17.7 Å². The Balaban J connectivity index is 1.49. The standard InChI is InChI=1S/C26H38N4O4/c1-16(27-2)24(32)28-22(17-9-4-3-5-10-17)26(34)30-14-8-13-20(30)25(33)29-23-19-12-7-6-11-18(19)15-21(23)31/h6-7,11-12,16-17,20-23,27,31H,3-5,8-10,13-15H2,1-2H3,(H,28,32)(H,29,33)/t16-,20-,21+,22-,23-/m0/s1. The first kappa shape index (κ1) is 24.7. The van der Waals surface area contributed by atoms with Crippen molar-refractivity contribution in [1.82, 2.24) is 20.9 Å². The van der Waals surface area contributed by atoms with Gasteiger partial charge in [-0.3, -0.25) is 14.4 Å². The number of nitrogens with zero attached hydrogens (tertiary/aromatic N) is 1. The minimum atomic E-state index is -0.677. The van der Waals surface area contributed by atoms with E-state index in [9.17, 15) is 19.5 Å². The summed E-state index contributed by atoms with van der Waals surface area (Å²) in [4.78, 5) is 41.5. The molecule has 2 aliphatic carbocycles. The molecule has 8 heteroatoms. The van der Waals surface area contributed by atoms with Crippen molar-refractivity contribution in [3.05, 3.63) is 35.4 Å². The van der Waals surface area contributed by atoms with E-state index in [1.54, 1.807) is 18.9 Å². The number of rotatable bonds is 7. The van der Waals surface area contributed by atoms with E-state index in [0.29, 0.717) is 19.4 Å². The molecule has 0 unspecified atom stereocenters. The molecule has 5 atom stereocenters. The number of likely N-dealkylation sites (tertiary alicyclic amines) is 1. The molecule has 4 rings (SSSR count). The molecule has 1 heterocycles. The highest BCUT2D eigenvalue weighted by atomic mass is 16.3. The van der Waals surface area contributed by atoms with Crippen molar-refractivity contribution in [2.24, 2.45) is 5.92 Å². The smallest absolute Gasteiger partial charge is 0.246 e. The summed E-state index contributed by atoms with van der Waals surface area (Å²) in [5.74, 6) is -0.503. The van der Waals surface area contributed by atoms with Gasteiger partial charge in [0.05, 0.1) is 18.2 Å². The van der Waals surface area contributed by atoms with E-state index >= 15 is 0 Å². The number of aliphatic hydroxyl groups excluding tert-OH is 1. The number of nitrogens with one attached hydrogen (secondary N) is 3. The second-order valence-corrected chi connectivity index (χ2v) is 10.0. The fraction of sp³-hybridized carbons (Fsp3) is 0.654. The van der Waals surface area contributed by atoms with Crippen LogP contribution in [0.1, 0.15) is 69.0 Å². The summed E-state index contributed by atoms with van der Waals surface area (Å²) in [5.41, 5.74) is 1.98. The number of carbonyl (C=O) groups is 3. The lowest BCUT2D eigenvalue weighted by atomic mass is 9.83. The average molecular weight is 471 g/mol. The topological polar surface area (TPSA) is 111 Å². The Morgan fingerprint density at radius 3 is 2.53 bits per heavy atom. The van der Waals surface area contributed by atoms with Gasteiger partial charge in [0, 0.05) is 13.0 Å². The fourth-order valence-corrected chi connectivity index (χ4v) is 5.74. The summed E-state index contributed by atoms with van der Waals surface area (Å²) in [6, 6.07) is 5.68. The largest absolute Gasteiger partial charge is 0.390 e. The van der Waals surface area contributed by atoms with Gasteiger partial charge in [0.2, 0.25) is 17.7 Å². The highest BCUT2D eigenvalue weighted by molar-refractivity contribution is 5.93. The van der Waals surface area contributed by atoms with Crippen LogP contribution >= 0.6 is 0 Å². The Hall–Kier alpha value is -2.45. The lowest BCUT2D eigenvalue weighted by molar-refractivity contribution is -0.143. The van der Waals surface area contributed by atoms with Crippen molar-refractivity contribution in [2.45, 2.75) is 88.6 Å². The molecule has 1 saturated heterocycles. The van der Waals surface area contributed by atoms with Crippen molar-refractivity contribution in [2.75, 3.05) is 13.6 Å². The minimum Gasteiger partial charge on any atom is -0.390 e. The fourth-order valence-electron chi connectivity index (χ4n) is 5.74. The predicted octanol–water partition coefficient (Wildman–Crippen LogP) is 1.42. The molecule has 1 aromatic rings. The number of hydrogen-bond donors (Lipinski definition) is 4. The molecular formula is C26H38N4O4. The molecule has 1 aliphatic heterocycles. The first-order valence-electron chi connectivity index (χ1n) is 12.7. The molecule has 2 fully saturated rings. The van der Waals surface area contributed by atoms with Crippen molar-refractivity contribution in [3.63, 3.8) is 0 Å². The van der Waals surface area contributed by atoms with E-state index in [2.05, 4.69) is 16.0 Å². The second kappa shape index (κ2) is 10.9. The van der Waals surface area contributed by atoms with Crippen LogP contribution in [0.3, 0.4) is 0 Å². The maximum atomic E-state index is 13.8. The van der Waals surface area contributed by atoms with Gasteiger partial charge >= 0.3 is 0 Å². The normalized spacial score (nSPS) is 26.6. The zero-order valence-corrected chi connectivity index (χ0v) is 20.3. The van der Waals surface area contributed by atoms with Crippen LogP contribution in [0, 0.1) is 5.92 Å². The van der Waals surface area contributed by atoms with Crippen molar-refractivity contribution in [3.8, 4) is 0 Å². The van der Waals surface area contributed by atoms with Crippen LogP contribution in [0.2, 0.25) is 0 Å². The summed E-state index contributed by atoms with van der Waals surface area (Å²) in [7, 11) is 1.72. The molecule has 4 N–H and O–H groups in total. The van der Waals surface area contributed by atoms with Gasteiger partial charge in [0.25, 0.3) is 0 Å². The van der Waals surface area contributed by atoms with Gasteiger partial charge in [0.15, 0.2) is 0 Å². The van der Waals surface area contributed by atoms with E-state index in [4.69, 9.17) is 0 Å². The molecule has 3 amide bonds. The third kappa shape index (κ3) is 5.13. The lowest BCUT2D eigenvalue weighted by Crippen LogP contribution is -2.58. The van der Waals surface area contributed by atoms with Gasteiger partial charge in [-0.1, -0.05) is 43.5 Å². The molecule has 0 spiro atoms. The van der Waals surface area contributed by atoms with E-state index < -0.39 is 30.3 Å². The summed E-state index contributed by atoms with van der Waals surface area (Å²) < 4.78 is 0. The Kier molecular flexibility index (Phi) is 7.88. The van der Waals surface area contributed by atoms with Gasteiger partial charge in [-0.2, -0.15) is 0 Å². The Morgan fingerprint density at radius 1 is 1.06 bits per heavy atom. The van der Waals surface area contributed by atoms with E-state index in [0.717, 1.165) is 49.7 Å². The van der Waals surface area contributed by atoms with Gasteiger partial charge in [-0.15, -0.1) is 0 Å². The van der Waals surface area contributed by atoms with Crippen LogP contribution in [0.15, 0.2) is 24.3 Å². The number of likely N-dealkylation sites (N-methyl/N-ethyl adjacent to an activating group) is 1. The van der Waals surface area contributed by atoms with Gasteiger partial charge in [0.1, 0.15) is 12.1 Å². The Labute approximate surface area is 201 Å². The quantitative estimate of drug-likeness (QED) is 0.482. The van der Waals surface area contributed by atoms with Crippen LogP contribution in [-0.2, 0) is 20.8 Å². The highest BCUT2D eigenvalue weighted by Gasteiger charge is 2.42. The molecule has 1 aromatic carbocycles. The zero-order valence-electron chi connectivity index (χ0n) is 20.3. The van der Waals surface area contributed by atoms with Crippen LogP contribution < -0.4 is 16.0 Å². The van der Waals surface area contributed by atoms with Crippen LogP contribution in [0.5, 0.6) is 0 Å². The van der Waals surface area contributed by atoms with Gasteiger partial charge in [-0.05, 0) is 56.7 Å². The molecule has 0 radical (unpaired) electrons. The third-order valence-electron chi connectivity index (χ3n) is 7.85. The summed E-state index contributed by atoms with van der Waals surface area (Å²) in [6.45, 7) is 2.27. The van der Waals surface area contributed by atoms with E-state index in [-0.39, 0.29) is 23.6 Å². The minimum absolute atomic E-state index is 0.0853. The number of benzene rings is 1. The van der Waals surface area contributed by atoms with Crippen LogP contribution in [-0.4, -0.2) is 65.5 Å². The number of aliphatic hydroxyl groups is 1. The molecular weight excluding hydrogens is 432 g/mol. The Morgan fingerprint density at radius 2 is 1.79 bits per heavy atom. The first-order valence-corrected chi connectivity index (χ1v) is 12.7. The summed E-state index contributed by atoms with van der Waals surface area (Å²) in [5, 5.41) is 19.5. The maximum Gasteiger partial charge on any atom is 0.246 e. The van der Waals surface area contributed by atoms with E-state index in [1.807, 2.05) is 24.3 Å². The number of fused-ring (bicyclic) bond motifs is 1. The van der Waals surface area contributed by atoms with Gasteiger partial charge in [-0.25, -0.2) is 0 Å². The first-order chi connectivity index (χ1) is 16.4. The molecule has 0 aromatic heterocycles. The summed E-state index contributed by atoms with van der Waals surface area (Å²) in [6.07, 6.45) is 6.21. The maximum absolute atomic E-state index is 13.8. The lowest BCUT2D eigenvalue weighted by Gasteiger charge is -2.35. The average Bonchev–Trinajstić information content (AvgIpc) is 3.47. The molecule has 34 heavy (non-hydrogen) atoms. The van der Waals surface area contributed by atoms with Crippen molar-refractivity contribution < 1.29 is 19.5 Å². The number of amides is 3. The zero-order chi connectivity index (χ0) is 24.2. The monoisotopic (exact) mass is 470 g/mol. The van der Waals surface area contributed by atoms with Crippen LogP contribution in [0.25, 0.3) is 0 Å². The third-order valence-corrected chi connectivity index (χ3v) is 7.85. The Bertz CT molecular complexity index is 901. The molecule has 1 saturated carbocycles. The van der Waals surface area contributed by atoms with Gasteiger partial charge < -0.3 is 26.0 Å². The second-order valence-electron chi connectivity index (χ2n) is 10.0. The number of carbonyl (C=O) groups excluding carboxylic acids is 3. The van der Waals surface area contributed by atoms with E-state index in [1.165, 1.54) is 0 Å². The van der Waals surface area contributed by atoms with Crippen molar-refractivity contribution in [1.29, 1.82) is 0 Å². The highest BCUT2D eigenvalue weighted by Crippen LogP contribution is 2.33. The molecule has 3 aliphatic rings. The van der Waals surface area contributed by atoms with Crippen LogP contribution in [0.4, 0.5) is 0 Å². The molecule has 0 bridgehead atoms. The molecule has 186 valence electrons. The molecule has 8 nitrogen and oxygen atoms in total. The SMILES string of the molecule is CN[C@@H](C)C(=O)N[C@H](C(=O)N1CCC[C@H]1C(=O)N[C@H]1c2ccccc2C[C@H]1O)C1CCCCC1. The summed E-state index contributed by atoms with van der Waals surface area (Å²) >= 11 is 0. The predicted molar refractivity (Wildman–Crippen MR) is 129 cm³/mol.